The Balaban J connectivity index is 0.00000220. The van der Waals surface area contributed by atoms with Gasteiger partial charge in [0, 0.05) is 19.2 Å². The Morgan fingerprint density at radius 2 is 2.05 bits per heavy atom. The molecular weight excluding hydrogens is 384 g/mol. The van der Waals surface area contributed by atoms with Gasteiger partial charge in [0.25, 0.3) is 0 Å². The molecule has 1 fully saturated rings. The molecule has 0 spiro atoms. The van der Waals surface area contributed by atoms with Crippen LogP contribution in [0.3, 0.4) is 0 Å². The van der Waals surface area contributed by atoms with E-state index in [4.69, 9.17) is 10.5 Å². The van der Waals surface area contributed by atoms with Crippen molar-refractivity contribution < 1.29 is 9.13 Å². The topological polar surface area (TPSA) is 50.9 Å². The van der Waals surface area contributed by atoms with E-state index in [1.807, 2.05) is 0 Å². The SMILES string of the molecule is COc1cc(F)cc(CN=C(N)N2CCC(C)CC2)c1.I. The lowest BCUT2D eigenvalue weighted by molar-refractivity contribution is 0.277. The number of likely N-dealkylation sites (tertiary alicyclic amines) is 1. The number of halogens is 2. The highest BCUT2D eigenvalue weighted by Crippen LogP contribution is 2.18. The van der Waals surface area contributed by atoms with Gasteiger partial charge in [-0.05, 0) is 36.5 Å². The number of guanidine groups is 1. The van der Waals surface area contributed by atoms with Crippen molar-refractivity contribution in [1.29, 1.82) is 0 Å². The highest BCUT2D eigenvalue weighted by Gasteiger charge is 2.16. The van der Waals surface area contributed by atoms with E-state index in [9.17, 15) is 4.39 Å². The van der Waals surface area contributed by atoms with Crippen LogP contribution in [0.4, 0.5) is 4.39 Å². The van der Waals surface area contributed by atoms with Crippen molar-refractivity contribution in [2.45, 2.75) is 26.3 Å². The summed E-state index contributed by atoms with van der Waals surface area (Å²) in [4.78, 5) is 6.45. The van der Waals surface area contributed by atoms with E-state index in [2.05, 4.69) is 16.8 Å². The summed E-state index contributed by atoms with van der Waals surface area (Å²) in [6, 6.07) is 4.58. The number of piperidine rings is 1. The van der Waals surface area contributed by atoms with Crippen molar-refractivity contribution in [2.75, 3.05) is 20.2 Å². The maximum atomic E-state index is 13.4. The van der Waals surface area contributed by atoms with Crippen LogP contribution in [0.5, 0.6) is 5.75 Å². The summed E-state index contributed by atoms with van der Waals surface area (Å²) < 4.78 is 18.4. The quantitative estimate of drug-likeness (QED) is 0.476. The number of nitrogens with zero attached hydrogens (tertiary/aromatic N) is 2. The summed E-state index contributed by atoms with van der Waals surface area (Å²) in [5, 5.41) is 0. The average Bonchev–Trinajstić information content (AvgIpc) is 2.45. The number of rotatable bonds is 3. The summed E-state index contributed by atoms with van der Waals surface area (Å²) in [7, 11) is 1.52. The normalized spacial score (nSPS) is 16.5. The highest BCUT2D eigenvalue weighted by molar-refractivity contribution is 14.0. The Hall–Kier alpha value is -1.05. The third-order valence-electron chi connectivity index (χ3n) is 3.70. The minimum atomic E-state index is -0.320. The molecule has 2 rings (SSSR count). The maximum Gasteiger partial charge on any atom is 0.191 e. The van der Waals surface area contributed by atoms with E-state index in [0.717, 1.165) is 37.4 Å². The molecule has 6 heteroatoms. The van der Waals surface area contributed by atoms with Crippen LogP contribution in [0.15, 0.2) is 23.2 Å². The number of hydrogen-bond donors (Lipinski definition) is 1. The van der Waals surface area contributed by atoms with E-state index in [1.54, 1.807) is 6.07 Å². The minimum absolute atomic E-state index is 0. The first-order valence-corrected chi connectivity index (χ1v) is 6.97. The van der Waals surface area contributed by atoms with Crippen LogP contribution in [0, 0.1) is 11.7 Å². The molecule has 0 amide bonds. The lowest BCUT2D eigenvalue weighted by Crippen LogP contribution is -2.42. The molecule has 0 atom stereocenters. The van der Waals surface area contributed by atoms with Crippen molar-refractivity contribution in [3.05, 3.63) is 29.6 Å². The number of aliphatic imine (C=N–C) groups is 1. The maximum absolute atomic E-state index is 13.4. The minimum Gasteiger partial charge on any atom is -0.497 e. The van der Waals surface area contributed by atoms with Gasteiger partial charge in [-0.15, -0.1) is 24.0 Å². The second-order valence-electron chi connectivity index (χ2n) is 5.34. The van der Waals surface area contributed by atoms with Gasteiger partial charge in [0.05, 0.1) is 13.7 Å². The molecule has 0 saturated carbocycles. The van der Waals surface area contributed by atoms with Crippen molar-refractivity contribution in [3.63, 3.8) is 0 Å². The van der Waals surface area contributed by atoms with Crippen molar-refractivity contribution in [3.8, 4) is 5.75 Å². The Morgan fingerprint density at radius 3 is 2.67 bits per heavy atom. The van der Waals surface area contributed by atoms with Crippen LogP contribution in [0.1, 0.15) is 25.3 Å². The van der Waals surface area contributed by atoms with E-state index >= 15 is 0 Å². The third-order valence-corrected chi connectivity index (χ3v) is 3.70. The summed E-state index contributed by atoms with van der Waals surface area (Å²) in [6.45, 7) is 4.52. The number of methoxy groups -OCH3 is 1. The monoisotopic (exact) mass is 407 g/mol. The molecule has 0 radical (unpaired) electrons. The Bertz CT molecular complexity index is 488. The third kappa shape index (κ3) is 5.33. The molecule has 1 aromatic carbocycles. The zero-order chi connectivity index (χ0) is 14.5. The van der Waals surface area contributed by atoms with Gasteiger partial charge >= 0.3 is 0 Å². The van der Waals surface area contributed by atoms with Gasteiger partial charge in [-0.25, -0.2) is 9.38 Å². The molecule has 1 heterocycles. The molecule has 0 bridgehead atoms. The van der Waals surface area contributed by atoms with Gasteiger partial charge in [0.15, 0.2) is 5.96 Å². The van der Waals surface area contributed by atoms with E-state index in [-0.39, 0.29) is 29.8 Å². The zero-order valence-corrected chi connectivity index (χ0v) is 14.8. The van der Waals surface area contributed by atoms with Crippen molar-refractivity contribution >= 4 is 29.9 Å². The largest absolute Gasteiger partial charge is 0.497 e. The molecule has 21 heavy (non-hydrogen) atoms. The fourth-order valence-electron chi connectivity index (χ4n) is 2.34. The first-order valence-electron chi connectivity index (χ1n) is 6.97. The Kier molecular flexibility index (Phi) is 7.21. The molecule has 0 aliphatic carbocycles. The van der Waals surface area contributed by atoms with E-state index in [0.29, 0.717) is 18.3 Å². The zero-order valence-electron chi connectivity index (χ0n) is 12.5. The van der Waals surface area contributed by atoms with E-state index in [1.165, 1.54) is 19.2 Å². The van der Waals surface area contributed by atoms with Gasteiger partial charge in [0.2, 0.25) is 0 Å². The first-order chi connectivity index (χ1) is 9.58. The van der Waals surface area contributed by atoms with Gasteiger partial charge in [-0.1, -0.05) is 6.92 Å². The number of benzene rings is 1. The summed E-state index contributed by atoms with van der Waals surface area (Å²) in [6.07, 6.45) is 2.29. The van der Waals surface area contributed by atoms with Crippen LogP contribution in [0.25, 0.3) is 0 Å². The molecule has 118 valence electrons. The molecule has 1 aromatic rings. The Morgan fingerprint density at radius 1 is 1.38 bits per heavy atom. The molecule has 2 N–H and O–H groups in total. The van der Waals surface area contributed by atoms with Gasteiger partial charge in [-0.2, -0.15) is 0 Å². The highest BCUT2D eigenvalue weighted by atomic mass is 127. The number of nitrogens with two attached hydrogens (primary N) is 1. The standard InChI is InChI=1S/C15H22FN3O.HI/c1-11-3-5-19(6-4-11)15(17)18-10-12-7-13(16)9-14(8-12)20-2;/h7-9,11H,3-6,10H2,1-2H3,(H2,17,18);1H. The van der Waals surface area contributed by atoms with Crippen LogP contribution >= 0.6 is 24.0 Å². The average molecular weight is 407 g/mol. The smallest absolute Gasteiger partial charge is 0.191 e. The van der Waals surface area contributed by atoms with Crippen LogP contribution in [-0.2, 0) is 6.54 Å². The summed E-state index contributed by atoms with van der Waals surface area (Å²) >= 11 is 0. The van der Waals surface area contributed by atoms with Crippen LogP contribution in [0.2, 0.25) is 0 Å². The van der Waals surface area contributed by atoms with Crippen molar-refractivity contribution in [1.82, 2.24) is 4.90 Å². The second kappa shape index (κ2) is 8.41. The molecule has 4 nitrogen and oxygen atoms in total. The van der Waals surface area contributed by atoms with Crippen LogP contribution < -0.4 is 10.5 Å². The second-order valence-corrected chi connectivity index (χ2v) is 5.34. The van der Waals surface area contributed by atoms with Gasteiger partial charge < -0.3 is 15.4 Å². The number of ether oxygens (including phenoxy) is 1. The van der Waals surface area contributed by atoms with Gasteiger partial charge in [0.1, 0.15) is 11.6 Å². The molecule has 0 aromatic heterocycles. The summed E-state index contributed by atoms with van der Waals surface area (Å²) in [5.41, 5.74) is 6.76. The molecule has 1 aliphatic rings. The lowest BCUT2D eigenvalue weighted by Gasteiger charge is -2.31. The predicted octanol–water partition coefficient (Wildman–Crippen LogP) is 3.00. The fraction of sp³-hybridized carbons (Fsp3) is 0.533. The number of hydrogen-bond acceptors (Lipinski definition) is 2. The Labute approximate surface area is 142 Å². The molecule has 1 saturated heterocycles. The lowest BCUT2D eigenvalue weighted by atomic mass is 10.00. The molecule has 0 unspecified atom stereocenters. The van der Waals surface area contributed by atoms with E-state index < -0.39 is 0 Å². The molecular formula is C15H23FIN3O. The van der Waals surface area contributed by atoms with Gasteiger partial charge in [-0.3, -0.25) is 0 Å². The van der Waals surface area contributed by atoms with Crippen LogP contribution in [-0.4, -0.2) is 31.1 Å². The predicted molar refractivity (Wildman–Crippen MR) is 93.7 cm³/mol. The fourth-order valence-corrected chi connectivity index (χ4v) is 2.34. The molecule has 1 aliphatic heterocycles. The van der Waals surface area contributed by atoms with Crippen molar-refractivity contribution in [2.24, 2.45) is 16.6 Å². The first kappa shape index (κ1) is 18.0. The summed E-state index contributed by atoms with van der Waals surface area (Å²) in [5.74, 6) is 1.48.